The van der Waals surface area contributed by atoms with Crippen LogP contribution in [0.15, 0.2) is 78.9 Å². The molecule has 0 spiro atoms. The maximum Gasteiger partial charge on any atom is 0.291 e. The van der Waals surface area contributed by atoms with E-state index in [0.29, 0.717) is 17.4 Å². The van der Waals surface area contributed by atoms with Crippen LogP contribution in [0.25, 0.3) is 17.1 Å². The van der Waals surface area contributed by atoms with Gasteiger partial charge in [0.1, 0.15) is 0 Å². The Kier molecular flexibility index (Phi) is 5.40. The summed E-state index contributed by atoms with van der Waals surface area (Å²) in [5.41, 5.74) is 3.63. The summed E-state index contributed by atoms with van der Waals surface area (Å²) in [6, 6.07) is 24.9. The van der Waals surface area contributed by atoms with Crippen molar-refractivity contribution in [2.45, 2.75) is 13.5 Å². The summed E-state index contributed by atoms with van der Waals surface area (Å²) < 4.78 is 1.67. The maximum atomic E-state index is 12.7. The Morgan fingerprint density at radius 3 is 2.41 bits per heavy atom. The number of hydrogen-bond acceptors (Lipinski definition) is 3. The molecule has 1 amide bonds. The van der Waals surface area contributed by atoms with E-state index in [4.69, 9.17) is 11.6 Å². The van der Waals surface area contributed by atoms with Crippen molar-refractivity contribution < 1.29 is 4.79 Å². The molecule has 5 nitrogen and oxygen atoms in total. The molecule has 0 aliphatic heterocycles. The zero-order chi connectivity index (χ0) is 20.2. The number of aryl methyl sites for hydroxylation is 1. The zero-order valence-electron chi connectivity index (χ0n) is 15.8. The highest BCUT2D eigenvalue weighted by atomic mass is 35.5. The number of hydrogen-bond donors (Lipinski definition) is 1. The van der Waals surface area contributed by atoms with Gasteiger partial charge in [0.05, 0.1) is 5.69 Å². The molecule has 0 radical (unpaired) electrons. The van der Waals surface area contributed by atoms with Crippen LogP contribution in [0, 0.1) is 6.92 Å². The van der Waals surface area contributed by atoms with Crippen molar-refractivity contribution in [3.05, 3.63) is 101 Å². The average Bonchev–Trinajstić information content (AvgIpc) is 3.20. The van der Waals surface area contributed by atoms with Gasteiger partial charge < -0.3 is 5.32 Å². The van der Waals surface area contributed by atoms with E-state index >= 15 is 0 Å². The first-order valence-corrected chi connectivity index (χ1v) is 9.61. The molecule has 4 aromatic rings. The van der Waals surface area contributed by atoms with Gasteiger partial charge in [-0.05, 0) is 30.2 Å². The second-order valence-electron chi connectivity index (χ2n) is 6.64. The molecule has 1 heterocycles. The minimum Gasteiger partial charge on any atom is -0.345 e. The largest absolute Gasteiger partial charge is 0.345 e. The highest BCUT2D eigenvalue weighted by Gasteiger charge is 2.19. The van der Waals surface area contributed by atoms with Crippen LogP contribution in [0.3, 0.4) is 0 Å². The monoisotopic (exact) mass is 402 g/mol. The first-order valence-electron chi connectivity index (χ1n) is 9.23. The molecule has 29 heavy (non-hydrogen) atoms. The topological polar surface area (TPSA) is 59.8 Å². The van der Waals surface area contributed by atoms with Gasteiger partial charge in [0.25, 0.3) is 5.91 Å². The second-order valence-corrected chi connectivity index (χ2v) is 7.07. The highest BCUT2D eigenvalue weighted by Crippen LogP contribution is 2.25. The molecule has 4 rings (SSSR count). The third-order valence-corrected chi connectivity index (χ3v) is 4.77. The average molecular weight is 403 g/mol. The summed E-state index contributed by atoms with van der Waals surface area (Å²) in [7, 11) is 0. The lowest BCUT2D eigenvalue weighted by atomic mass is 10.2. The van der Waals surface area contributed by atoms with E-state index in [9.17, 15) is 4.79 Å². The quantitative estimate of drug-likeness (QED) is 0.520. The SMILES string of the molecule is Cc1ccc(Cl)cc1-n1nc(C(=O)NCc2ccccc2)nc1-c1ccccc1. The predicted molar refractivity (Wildman–Crippen MR) is 114 cm³/mol. The molecule has 0 saturated carbocycles. The summed E-state index contributed by atoms with van der Waals surface area (Å²) in [5.74, 6) is 0.365. The molecule has 0 fully saturated rings. The van der Waals surface area contributed by atoms with Crippen molar-refractivity contribution in [1.82, 2.24) is 20.1 Å². The Morgan fingerprint density at radius 1 is 1.00 bits per heavy atom. The van der Waals surface area contributed by atoms with Crippen LogP contribution in [0.2, 0.25) is 5.02 Å². The van der Waals surface area contributed by atoms with Crippen LogP contribution in [-0.4, -0.2) is 20.7 Å². The molecular weight excluding hydrogens is 384 g/mol. The molecule has 144 valence electrons. The van der Waals surface area contributed by atoms with Gasteiger partial charge in [0.2, 0.25) is 5.82 Å². The summed E-state index contributed by atoms with van der Waals surface area (Å²) in [6.45, 7) is 2.38. The second kappa shape index (κ2) is 8.29. The molecule has 0 unspecified atom stereocenters. The lowest BCUT2D eigenvalue weighted by molar-refractivity contribution is 0.0940. The van der Waals surface area contributed by atoms with Crippen LogP contribution >= 0.6 is 11.6 Å². The fourth-order valence-corrected chi connectivity index (χ4v) is 3.18. The third-order valence-electron chi connectivity index (χ3n) is 4.54. The fourth-order valence-electron chi connectivity index (χ4n) is 3.02. The number of benzene rings is 3. The molecular formula is C23H19ClN4O. The minimum absolute atomic E-state index is 0.110. The van der Waals surface area contributed by atoms with E-state index in [0.717, 1.165) is 22.4 Å². The number of nitrogens with zero attached hydrogens (tertiary/aromatic N) is 3. The number of carbonyl (C=O) groups excluding carboxylic acids is 1. The smallest absolute Gasteiger partial charge is 0.291 e. The highest BCUT2D eigenvalue weighted by molar-refractivity contribution is 6.30. The standard InChI is InChI=1S/C23H19ClN4O/c1-16-12-13-19(24)14-20(16)28-22(18-10-6-3-7-11-18)26-21(27-28)23(29)25-15-17-8-4-2-5-9-17/h2-14H,15H2,1H3,(H,25,29). The van der Waals surface area contributed by atoms with Crippen LogP contribution < -0.4 is 5.32 Å². The Hall–Kier alpha value is -3.44. The molecule has 0 aliphatic rings. The van der Waals surface area contributed by atoms with Gasteiger partial charge in [-0.3, -0.25) is 4.79 Å². The van der Waals surface area contributed by atoms with E-state index in [1.165, 1.54) is 0 Å². The Balaban J connectivity index is 1.72. The van der Waals surface area contributed by atoms with Gasteiger partial charge in [-0.2, -0.15) is 0 Å². The number of amides is 1. The molecule has 1 aromatic heterocycles. The number of nitrogens with one attached hydrogen (secondary N) is 1. The van der Waals surface area contributed by atoms with Crippen molar-refractivity contribution in [1.29, 1.82) is 0 Å². The van der Waals surface area contributed by atoms with Crippen LogP contribution in [0.4, 0.5) is 0 Å². The summed E-state index contributed by atoms with van der Waals surface area (Å²) in [4.78, 5) is 17.3. The molecule has 0 aliphatic carbocycles. The van der Waals surface area contributed by atoms with Crippen molar-refractivity contribution in [3.8, 4) is 17.1 Å². The molecule has 0 bridgehead atoms. The predicted octanol–water partition coefficient (Wildman–Crippen LogP) is 4.83. The lowest BCUT2D eigenvalue weighted by Crippen LogP contribution is -2.24. The van der Waals surface area contributed by atoms with Crippen LogP contribution in [0.5, 0.6) is 0 Å². The number of halogens is 1. The van der Waals surface area contributed by atoms with Gasteiger partial charge in [-0.1, -0.05) is 78.3 Å². The first-order chi connectivity index (χ1) is 14.1. The van der Waals surface area contributed by atoms with Gasteiger partial charge in [-0.15, -0.1) is 5.10 Å². The van der Waals surface area contributed by atoms with Gasteiger partial charge in [0, 0.05) is 17.1 Å². The third kappa shape index (κ3) is 4.20. The number of rotatable bonds is 5. The normalized spacial score (nSPS) is 10.7. The van der Waals surface area contributed by atoms with E-state index in [1.54, 1.807) is 4.68 Å². The van der Waals surface area contributed by atoms with Crippen molar-refractivity contribution in [3.63, 3.8) is 0 Å². The Morgan fingerprint density at radius 2 is 1.69 bits per heavy atom. The van der Waals surface area contributed by atoms with Crippen molar-refractivity contribution in [2.24, 2.45) is 0 Å². The first kappa shape index (κ1) is 18.9. The van der Waals surface area contributed by atoms with Gasteiger partial charge in [-0.25, -0.2) is 9.67 Å². The zero-order valence-corrected chi connectivity index (χ0v) is 16.6. The van der Waals surface area contributed by atoms with E-state index in [-0.39, 0.29) is 11.7 Å². The summed E-state index contributed by atoms with van der Waals surface area (Å²) >= 11 is 6.21. The Bertz CT molecular complexity index is 1140. The molecule has 1 N–H and O–H groups in total. The molecule has 0 atom stereocenters. The van der Waals surface area contributed by atoms with Crippen LogP contribution in [-0.2, 0) is 6.54 Å². The van der Waals surface area contributed by atoms with E-state index in [1.807, 2.05) is 85.8 Å². The molecule has 6 heteroatoms. The van der Waals surface area contributed by atoms with Gasteiger partial charge in [0.15, 0.2) is 5.82 Å². The molecule has 3 aromatic carbocycles. The molecule has 0 saturated heterocycles. The van der Waals surface area contributed by atoms with Crippen LogP contribution in [0.1, 0.15) is 21.7 Å². The van der Waals surface area contributed by atoms with Crippen molar-refractivity contribution in [2.75, 3.05) is 0 Å². The fraction of sp³-hybridized carbons (Fsp3) is 0.0870. The summed E-state index contributed by atoms with van der Waals surface area (Å²) in [5, 5.41) is 7.98. The van der Waals surface area contributed by atoms with E-state index in [2.05, 4.69) is 15.4 Å². The van der Waals surface area contributed by atoms with E-state index < -0.39 is 0 Å². The maximum absolute atomic E-state index is 12.7. The minimum atomic E-state index is -0.329. The summed E-state index contributed by atoms with van der Waals surface area (Å²) in [6.07, 6.45) is 0. The van der Waals surface area contributed by atoms with Crippen molar-refractivity contribution >= 4 is 17.5 Å². The number of carbonyl (C=O) groups is 1. The number of aromatic nitrogens is 3. The Labute approximate surface area is 174 Å². The van der Waals surface area contributed by atoms with Gasteiger partial charge >= 0.3 is 0 Å². The lowest BCUT2D eigenvalue weighted by Gasteiger charge is -2.09.